The topological polar surface area (TPSA) is 81.7 Å². The van der Waals surface area contributed by atoms with Crippen LogP contribution in [0.3, 0.4) is 0 Å². The molecule has 31 heavy (non-hydrogen) atoms. The van der Waals surface area contributed by atoms with Crippen LogP contribution in [-0.2, 0) is 16.0 Å². The third kappa shape index (κ3) is 4.33. The van der Waals surface area contributed by atoms with Gasteiger partial charge in [-0.1, -0.05) is 13.8 Å². The summed E-state index contributed by atoms with van der Waals surface area (Å²) >= 11 is 0. The molecule has 1 aromatic carbocycles. The van der Waals surface area contributed by atoms with Crippen LogP contribution in [0.4, 0.5) is 23.1 Å². The molecular weight excluding hydrogens is 392 g/mol. The smallest absolute Gasteiger partial charge is 0.233 e. The highest BCUT2D eigenvalue weighted by Gasteiger charge is 2.33. The van der Waals surface area contributed by atoms with Gasteiger partial charge >= 0.3 is 0 Å². The zero-order chi connectivity index (χ0) is 22.0. The lowest BCUT2D eigenvalue weighted by atomic mass is 10.1. The molecule has 4 rings (SSSR count). The quantitative estimate of drug-likeness (QED) is 0.771. The van der Waals surface area contributed by atoms with Crippen molar-refractivity contribution in [2.24, 2.45) is 0 Å². The second-order valence-electron chi connectivity index (χ2n) is 8.12. The molecule has 8 heteroatoms. The number of hydrogen-bond acceptors (Lipinski definition) is 6. The number of nitrogens with one attached hydrogen (secondary N) is 1. The fourth-order valence-corrected chi connectivity index (χ4v) is 4.35. The molecule has 0 radical (unpaired) electrons. The molecule has 1 saturated heterocycles. The highest BCUT2D eigenvalue weighted by atomic mass is 16.2. The highest BCUT2D eigenvalue weighted by molar-refractivity contribution is 6.00. The molecule has 0 unspecified atom stereocenters. The average molecular weight is 423 g/mol. The predicted octanol–water partition coefficient (Wildman–Crippen LogP) is 2.97. The molecule has 2 aliphatic heterocycles. The summed E-state index contributed by atoms with van der Waals surface area (Å²) in [6.45, 7) is 8.99. The highest BCUT2D eigenvalue weighted by Crippen LogP contribution is 2.31. The first kappa shape index (κ1) is 21.1. The van der Waals surface area contributed by atoms with Crippen molar-refractivity contribution in [3.63, 3.8) is 0 Å². The molecule has 1 N–H and O–H groups in total. The van der Waals surface area contributed by atoms with Gasteiger partial charge in [0.15, 0.2) is 0 Å². The Balaban J connectivity index is 1.45. The van der Waals surface area contributed by atoms with E-state index >= 15 is 0 Å². The lowest BCUT2D eigenvalue weighted by Gasteiger charge is -2.35. The Morgan fingerprint density at radius 1 is 1.10 bits per heavy atom. The summed E-state index contributed by atoms with van der Waals surface area (Å²) in [5.74, 6) is 1.46. The molecule has 2 amide bonds. The van der Waals surface area contributed by atoms with Gasteiger partial charge in [-0.2, -0.15) is 4.98 Å². The molecule has 164 valence electrons. The molecule has 0 aliphatic carbocycles. The van der Waals surface area contributed by atoms with E-state index in [0.29, 0.717) is 12.4 Å². The van der Waals surface area contributed by atoms with Gasteiger partial charge in [0, 0.05) is 62.3 Å². The van der Waals surface area contributed by atoms with E-state index in [1.165, 1.54) is 0 Å². The Morgan fingerprint density at radius 3 is 2.39 bits per heavy atom. The van der Waals surface area contributed by atoms with Gasteiger partial charge in [0.2, 0.25) is 17.8 Å². The molecule has 0 atom stereocenters. The number of nitrogens with zero attached hydrogens (tertiary/aromatic N) is 5. The number of piperazine rings is 1. The minimum absolute atomic E-state index is 0.101. The van der Waals surface area contributed by atoms with Crippen molar-refractivity contribution in [2.75, 3.05) is 41.3 Å². The van der Waals surface area contributed by atoms with Crippen LogP contribution in [0.25, 0.3) is 0 Å². The molecule has 1 fully saturated rings. The monoisotopic (exact) mass is 422 g/mol. The SMILES string of the molecule is CCC(CC)N1C(=O)Cc2cnc(Nc3ccc(N4CCN(C(C)=O)CC4)cc3)nc21. The van der Waals surface area contributed by atoms with Crippen molar-refractivity contribution in [3.8, 4) is 0 Å². The summed E-state index contributed by atoms with van der Waals surface area (Å²) in [6, 6.07) is 8.32. The zero-order valence-corrected chi connectivity index (χ0v) is 18.5. The largest absolute Gasteiger partial charge is 0.368 e. The third-order valence-electron chi connectivity index (χ3n) is 6.20. The second-order valence-corrected chi connectivity index (χ2v) is 8.12. The molecule has 2 aromatic rings. The number of aromatic nitrogens is 2. The average Bonchev–Trinajstić information content (AvgIpc) is 3.11. The van der Waals surface area contributed by atoms with Crippen LogP contribution in [0, 0.1) is 0 Å². The van der Waals surface area contributed by atoms with Crippen molar-refractivity contribution in [2.45, 2.75) is 46.1 Å². The Kier molecular flexibility index (Phi) is 6.06. The number of anilines is 4. The van der Waals surface area contributed by atoms with Gasteiger partial charge in [-0.05, 0) is 37.1 Å². The number of carbonyl (C=O) groups is 2. The molecule has 2 aliphatic rings. The van der Waals surface area contributed by atoms with Crippen molar-refractivity contribution >= 4 is 35.0 Å². The van der Waals surface area contributed by atoms with Crippen LogP contribution in [0.15, 0.2) is 30.5 Å². The van der Waals surface area contributed by atoms with Crippen LogP contribution < -0.4 is 15.1 Å². The van der Waals surface area contributed by atoms with Gasteiger partial charge in [0.05, 0.1) is 6.42 Å². The first-order valence-corrected chi connectivity index (χ1v) is 11.1. The van der Waals surface area contributed by atoms with Crippen LogP contribution >= 0.6 is 0 Å². The fourth-order valence-electron chi connectivity index (χ4n) is 4.35. The number of rotatable bonds is 6. The van der Waals surface area contributed by atoms with Gasteiger partial charge in [-0.3, -0.25) is 14.5 Å². The summed E-state index contributed by atoms with van der Waals surface area (Å²) in [7, 11) is 0. The van der Waals surface area contributed by atoms with Crippen molar-refractivity contribution in [1.29, 1.82) is 0 Å². The van der Waals surface area contributed by atoms with Crippen molar-refractivity contribution < 1.29 is 9.59 Å². The van der Waals surface area contributed by atoms with Gasteiger partial charge in [-0.15, -0.1) is 0 Å². The lowest BCUT2D eigenvalue weighted by molar-refractivity contribution is -0.129. The van der Waals surface area contributed by atoms with E-state index in [9.17, 15) is 9.59 Å². The molecule has 3 heterocycles. The summed E-state index contributed by atoms with van der Waals surface area (Å²) in [4.78, 5) is 39.1. The Labute approximate surface area is 183 Å². The van der Waals surface area contributed by atoms with Crippen molar-refractivity contribution in [3.05, 3.63) is 36.0 Å². The van der Waals surface area contributed by atoms with E-state index in [1.807, 2.05) is 21.9 Å². The maximum Gasteiger partial charge on any atom is 0.233 e. The zero-order valence-electron chi connectivity index (χ0n) is 18.5. The van der Waals surface area contributed by atoms with E-state index in [4.69, 9.17) is 0 Å². The minimum Gasteiger partial charge on any atom is -0.368 e. The van der Waals surface area contributed by atoms with Gasteiger partial charge in [0.25, 0.3) is 0 Å². The molecule has 8 nitrogen and oxygen atoms in total. The Bertz CT molecular complexity index is 949. The summed E-state index contributed by atoms with van der Waals surface area (Å²) in [6.07, 6.45) is 3.93. The fraction of sp³-hybridized carbons (Fsp3) is 0.478. The first-order valence-electron chi connectivity index (χ1n) is 11.1. The van der Waals surface area contributed by atoms with Crippen LogP contribution in [0.1, 0.15) is 39.2 Å². The maximum absolute atomic E-state index is 12.5. The summed E-state index contributed by atoms with van der Waals surface area (Å²) < 4.78 is 0. The van der Waals surface area contributed by atoms with E-state index < -0.39 is 0 Å². The maximum atomic E-state index is 12.5. The first-order chi connectivity index (χ1) is 15.0. The summed E-state index contributed by atoms with van der Waals surface area (Å²) in [5, 5.41) is 3.26. The third-order valence-corrected chi connectivity index (χ3v) is 6.20. The second kappa shape index (κ2) is 8.91. The van der Waals surface area contributed by atoms with Gasteiger partial charge in [-0.25, -0.2) is 4.98 Å². The molecule has 0 saturated carbocycles. The normalized spacial score (nSPS) is 16.1. The molecule has 0 bridgehead atoms. The van der Waals surface area contributed by atoms with Crippen molar-refractivity contribution in [1.82, 2.24) is 14.9 Å². The van der Waals surface area contributed by atoms with Crippen LogP contribution in [-0.4, -0.2) is 58.9 Å². The van der Waals surface area contributed by atoms with E-state index in [1.54, 1.807) is 13.1 Å². The number of fused-ring (bicyclic) bond motifs is 1. The predicted molar refractivity (Wildman–Crippen MR) is 122 cm³/mol. The summed E-state index contributed by atoms with van der Waals surface area (Å²) in [5.41, 5.74) is 2.92. The number of amides is 2. The van der Waals surface area contributed by atoms with Crippen LogP contribution in [0.5, 0.6) is 0 Å². The van der Waals surface area contributed by atoms with Gasteiger partial charge < -0.3 is 15.1 Å². The number of hydrogen-bond donors (Lipinski definition) is 1. The Hall–Kier alpha value is -3.16. The standard InChI is InChI=1S/C23H30N6O2/c1-4-19(5-2)29-21(31)14-17-15-24-23(26-22(17)29)25-18-6-8-20(9-7-18)28-12-10-27(11-13-28)16(3)30/h6-9,15,19H,4-5,10-14H2,1-3H3,(H,24,25,26). The Morgan fingerprint density at radius 2 is 1.77 bits per heavy atom. The van der Waals surface area contributed by atoms with E-state index in [0.717, 1.165) is 61.8 Å². The minimum atomic E-state index is 0.101. The van der Waals surface area contributed by atoms with Gasteiger partial charge in [0.1, 0.15) is 5.82 Å². The molecule has 0 spiro atoms. The molecular formula is C23H30N6O2. The van der Waals surface area contributed by atoms with E-state index in [2.05, 4.69) is 46.2 Å². The van der Waals surface area contributed by atoms with Crippen LogP contribution in [0.2, 0.25) is 0 Å². The number of benzene rings is 1. The van der Waals surface area contributed by atoms with E-state index in [-0.39, 0.29) is 17.9 Å². The lowest BCUT2D eigenvalue weighted by Crippen LogP contribution is -2.48. The number of carbonyl (C=O) groups excluding carboxylic acids is 2. The molecule has 1 aromatic heterocycles.